The maximum Gasteiger partial charge on any atom is 0.341 e. The Morgan fingerprint density at radius 3 is 2.75 bits per heavy atom. The van der Waals surface area contributed by atoms with Gasteiger partial charge in [-0.15, -0.1) is 0 Å². The van der Waals surface area contributed by atoms with Gasteiger partial charge in [0.1, 0.15) is 12.5 Å². The number of carboxylic acids is 1. The van der Waals surface area contributed by atoms with Gasteiger partial charge < -0.3 is 14.9 Å². The summed E-state index contributed by atoms with van der Waals surface area (Å²) >= 11 is 0. The zero-order valence-electron chi connectivity index (χ0n) is 4.07. The maximum atomic E-state index is 9.63. The average molecular weight is 118 g/mol. The third kappa shape index (κ3) is 4.81. The molecule has 0 saturated heterocycles. The molecule has 0 atom stereocenters. The van der Waals surface area contributed by atoms with E-state index in [1.54, 1.807) is 0 Å². The minimum absolute atomic E-state index is 0.420. The normalized spacial score (nSPS) is 9.50. The Morgan fingerprint density at radius 1 is 1.75 bits per heavy atom. The summed E-state index contributed by atoms with van der Waals surface area (Å²) in [5.41, 5.74) is 0. The number of aliphatic carboxylic acids is 1. The molecule has 0 saturated carbocycles. The van der Waals surface area contributed by atoms with Gasteiger partial charge in [-0.25, -0.2) is 4.79 Å². The van der Waals surface area contributed by atoms with Crippen LogP contribution in [0, 0.1) is 0 Å². The van der Waals surface area contributed by atoms with Gasteiger partial charge >= 0.3 is 5.97 Å². The maximum absolute atomic E-state index is 9.63. The largest absolute Gasteiger partial charge is 0.512 e. The van der Waals surface area contributed by atoms with Crippen molar-refractivity contribution in [3.05, 3.63) is 12.5 Å². The minimum atomic E-state index is -1.07. The second-order valence-electron chi connectivity index (χ2n) is 0.990. The van der Waals surface area contributed by atoms with Crippen molar-refractivity contribution < 1.29 is 19.7 Å². The average Bonchev–Trinajstić information content (AvgIpc) is 1.66. The van der Waals surface area contributed by atoms with Crippen molar-refractivity contribution in [2.75, 3.05) is 6.61 Å². The molecule has 0 fully saturated rings. The summed E-state index contributed by atoms with van der Waals surface area (Å²) in [6.07, 6.45) is 1.52. The molecule has 0 aliphatic heterocycles. The molecule has 0 heterocycles. The molecule has 8 heavy (non-hydrogen) atoms. The standard InChI is InChI=1S/C4H6O4/c5-1-2-8-3-4(6)7/h1-2,5H,3H2,(H,6,7)/b2-1-. The van der Waals surface area contributed by atoms with Crippen molar-refractivity contribution in [2.24, 2.45) is 0 Å². The zero-order valence-corrected chi connectivity index (χ0v) is 4.07. The Hall–Kier alpha value is -1.19. The number of ether oxygens (including phenoxy) is 1. The first-order valence-corrected chi connectivity index (χ1v) is 1.90. The van der Waals surface area contributed by atoms with E-state index < -0.39 is 12.6 Å². The van der Waals surface area contributed by atoms with E-state index in [9.17, 15) is 4.79 Å². The van der Waals surface area contributed by atoms with Crippen molar-refractivity contribution in [3.8, 4) is 0 Å². The summed E-state index contributed by atoms with van der Waals surface area (Å²) in [6.45, 7) is -0.420. The van der Waals surface area contributed by atoms with Crippen LogP contribution in [-0.2, 0) is 9.53 Å². The van der Waals surface area contributed by atoms with Crippen LogP contribution in [0.5, 0.6) is 0 Å². The van der Waals surface area contributed by atoms with Crippen LogP contribution >= 0.6 is 0 Å². The van der Waals surface area contributed by atoms with Crippen LogP contribution in [0.15, 0.2) is 12.5 Å². The summed E-state index contributed by atoms with van der Waals surface area (Å²) in [4.78, 5) is 9.63. The Bertz CT molecular complexity index is 96.2. The molecule has 0 aromatic carbocycles. The fourth-order valence-electron chi connectivity index (χ4n) is 0.162. The summed E-state index contributed by atoms with van der Waals surface area (Å²) < 4.78 is 4.21. The molecule has 0 aliphatic carbocycles. The monoisotopic (exact) mass is 118 g/mol. The predicted octanol–water partition coefficient (Wildman–Crippen LogP) is 0.117. The highest BCUT2D eigenvalue weighted by atomic mass is 16.5. The van der Waals surface area contributed by atoms with E-state index in [1.807, 2.05) is 0 Å². The van der Waals surface area contributed by atoms with Gasteiger partial charge in [-0.2, -0.15) is 0 Å². The summed E-state index contributed by atoms with van der Waals surface area (Å²) in [7, 11) is 0. The predicted molar refractivity (Wildman–Crippen MR) is 25.4 cm³/mol. The van der Waals surface area contributed by atoms with Gasteiger partial charge in [0.25, 0.3) is 0 Å². The molecule has 46 valence electrons. The lowest BCUT2D eigenvalue weighted by atomic mass is 10.7. The summed E-state index contributed by atoms with van der Waals surface area (Å²) in [6, 6.07) is 0. The van der Waals surface area contributed by atoms with Crippen LogP contribution in [-0.4, -0.2) is 22.8 Å². The number of carbonyl (C=O) groups is 1. The van der Waals surface area contributed by atoms with Gasteiger partial charge in [0, 0.05) is 0 Å². The second kappa shape index (κ2) is 3.98. The molecule has 0 rings (SSSR count). The third-order valence-corrected chi connectivity index (χ3v) is 0.364. The molecular weight excluding hydrogens is 112 g/mol. The van der Waals surface area contributed by atoms with E-state index in [0.29, 0.717) is 6.26 Å². The van der Waals surface area contributed by atoms with Gasteiger partial charge in [-0.1, -0.05) is 0 Å². The summed E-state index contributed by atoms with van der Waals surface area (Å²) in [5, 5.41) is 15.8. The molecule has 0 amide bonds. The van der Waals surface area contributed by atoms with E-state index in [1.165, 1.54) is 0 Å². The van der Waals surface area contributed by atoms with Gasteiger partial charge in [-0.05, 0) is 0 Å². The van der Waals surface area contributed by atoms with Gasteiger partial charge in [0.05, 0.1) is 0 Å². The number of carboxylic acid groups (broad SMARTS) is 1. The molecule has 4 heteroatoms. The molecule has 2 N–H and O–H groups in total. The topological polar surface area (TPSA) is 66.8 Å². The van der Waals surface area contributed by atoms with E-state index in [2.05, 4.69) is 4.74 Å². The van der Waals surface area contributed by atoms with Crippen LogP contribution < -0.4 is 0 Å². The van der Waals surface area contributed by atoms with Crippen molar-refractivity contribution in [3.63, 3.8) is 0 Å². The van der Waals surface area contributed by atoms with Gasteiger partial charge in [0.2, 0.25) is 0 Å². The van der Waals surface area contributed by atoms with E-state index >= 15 is 0 Å². The minimum Gasteiger partial charge on any atom is -0.512 e. The third-order valence-electron chi connectivity index (χ3n) is 0.364. The number of hydrogen-bond donors (Lipinski definition) is 2. The first-order valence-electron chi connectivity index (χ1n) is 1.90. The Balaban J connectivity index is 3.05. The van der Waals surface area contributed by atoms with Crippen LogP contribution in [0.3, 0.4) is 0 Å². The second-order valence-corrected chi connectivity index (χ2v) is 0.990. The lowest BCUT2D eigenvalue weighted by Crippen LogP contribution is -2.02. The molecule has 0 aliphatic rings. The lowest BCUT2D eigenvalue weighted by Gasteiger charge is -1.89. The smallest absolute Gasteiger partial charge is 0.341 e. The van der Waals surface area contributed by atoms with E-state index in [4.69, 9.17) is 10.2 Å². The molecule has 4 nitrogen and oxygen atoms in total. The fourth-order valence-corrected chi connectivity index (χ4v) is 0.162. The van der Waals surface area contributed by atoms with E-state index in [0.717, 1.165) is 6.26 Å². The lowest BCUT2D eigenvalue weighted by molar-refractivity contribution is -0.140. The van der Waals surface area contributed by atoms with Crippen molar-refractivity contribution in [1.29, 1.82) is 0 Å². The Labute approximate surface area is 46.0 Å². The molecule has 0 radical (unpaired) electrons. The van der Waals surface area contributed by atoms with E-state index in [-0.39, 0.29) is 0 Å². The molecular formula is C4H6O4. The molecule has 0 aromatic rings. The van der Waals surface area contributed by atoms with Gasteiger partial charge in [0.15, 0.2) is 6.61 Å². The van der Waals surface area contributed by atoms with Crippen molar-refractivity contribution >= 4 is 5.97 Å². The van der Waals surface area contributed by atoms with Crippen LogP contribution in [0.25, 0.3) is 0 Å². The zero-order chi connectivity index (χ0) is 6.41. The fraction of sp³-hybridized carbons (Fsp3) is 0.250. The Morgan fingerprint density at radius 2 is 2.38 bits per heavy atom. The number of rotatable bonds is 3. The molecule has 0 spiro atoms. The van der Waals surface area contributed by atoms with Crippen LogP contribution in [0.2, 0.25) is 0 Å². The van der Waals surface area contributed by atoms with Crippen molar-refractivity contribution in [2.45, 2.75) is 0 Å². The quantitative estimate of drug-likeness (QED) is 0.516. The Kier molecular flexibility index (Phi) is 3.39. The first-order chi connectivity index (χ1) is 3.77. The highest BCUT2D eigenvalue weighted by Crippen LogP contribution is 1.73. The molecule has 0 unspecified atom stereocenters. The number of hydrogen-bond acceptors (Lipinski definition) is 3. The number of aliphatic hydroxyl groups excluding tert-OH is 1. The molecule has 0 aromatic heterocycles. The SMILES string of the molecule is O=C(O)CO/C=C\O. The summed E-state index contributed by atoms with van der Waals surface area (Å²) in [5.74, 6) is -1.07. The first kappa shape index (κ1) is 6.81. The van der Waals surface area contributed by atoms with Crippen molar-refractivity contribution in [1.82, 2.24) is 0 Å². The van der Waals surface area contributed by atoms with Crippen LogP contribution in [0.4, 0.5) is 0 Å². The number of aliphatic hydroxyl groups is 1. The highest BCUT2D eigenvalue weighted by Gasteiger charge is 1.90. The van der Waals surface area contributed by atoms with Crippen LogP contribution in [0.1, 0.15) is 0 Å². The highest BCUT2D eigenvalue weighted by molar-refractivity contribution is 5.68. The molecule has 0 bridgehead atoms. The van der Waals surface area contributed by atoms with Gasteiger partial charge in [-0.3, -0.25) is 0 Å².